The normalized spacial score (nSPS) is 24.3. The van der Waals surface area contributed by atoms with Crippen molar-refractivity contribution in [2.75, 3.05) is 13.6 Å². The topological polar surface area (TPSA) is 41.6 Å². The van der Waals surface area contributed by atoms with Crippen molar-refractivity contribution in [2.24, 2.45) is 10.7 Å². The molecule has 98 valence electrons. The highest BCUT2D eigenvalue weighted by atomic mass is 15.3. The molecular weight excluding hydrogens is 222 g/mol. The van der Waals surface area contributed by atoms with Crippen LogP contribution in [0.5, 0.6) is 0 Å². The van der Waals surface area contributed by atoms with Crippen LogP contribution >= 0.6 is 0 Å². The van der Waals surface area contributed by atoms with Gasteiger partial charge in [0.1, 0.15) is 0 Å². The maximum absolute atomic E-state index is 5.87. The molecule has 2 rings (SSSR count). The molecule has 0 saturated heterocycles. The average Bonchev–Trinajstić information content (AvgIpc) is 2.58. The highest BCUT2D eigenvalue weighted by molar-refractivity contribution is 5.81. The van der Waals surface area contributed by atoms with Gasteiger partial charge in [-0.2, -0.15) is 0 Å². The highest BCUT2D eigenvalue weighted by Crippen LogP contribution is 2.32. The van der Waals surface area contributed by atoms with E-state index < -0.39 is 0 Å². The van der Waals surface area contributed by atoms with Gasteiger partial charge in [-0.15, -0.1) is 0 Å². The summed E-state index contributed by atoms with van der Waals surface area (Å²) in [5.41, 5.74) is 8.56. The van der Waals surface area contributed by atoms with Crippen LogP contribution in [0.2, 0.25) is 0 Å². The summed E-state index contributed by atoms with van der Waals surface area (Å²) in [6, 6.07) is 8.82. The van der Waals surface area contributed by atoms with E-state index in [0.29, 0.717) is 5.96 Å². The average molecular weight is 245 g/mol. The van der Waals surface area contributed by atoms with Gasteiger partial charge in [0.25, 0.3) is 0 Å². The van der Waals surface area contributed by atoms with Crippen molar-refractivity contribution < 1.29 is 0 Å². The minimum absolute atomic E-state index is 0.111. The van der Waals surface area contributed by atoms with Gasteiger partial charge in [0, 0.05) is 7.05 Å². The van der Waals surface area contributed by atoms with Crippen LogP contribution < -0.4 is 5.73 Å². The summed E-state index contributed by atoms with van der Waals surface area (Å²) in [5.74, 6) is 0.623. The standard InChI is InChI=1S/C15H23N3/c1-14(2,3)11-6-8-12(9-7-11)15(4)10-17-13(16)18(15)5/h6-9H,10H2,1-5H3,(H2,16,17). The third-order valence-corrected chi connectivity index (χ3v) is 4.01. The molecule has 0 bridgehead atoms. The lowest BCUT2D eigenvalue weighted by Gasteiger charge is -2.34. The molecule has 1 aliphatic rings. The zero-order valence-electron chi connectivity index (χ0n) is 12.0. The van der Waals surface area contributed by atoms with E-state index in [0.717, 1.165) is 6.54 Å². The van der Waals surface area contributed by atoms with Gasteiger partial charge in [0.05, 0.1) is 12.1 Å². The third-order valence-electron chi connectivity index (χ3n) is 4.01. The highest BCUT2D eigenvalue weighted by Gasteiger charge is 2.37. The second-order valence-electron chi connectivity index (χ2n) is 6.33. The number of nitrogens with zero attached hydrogens (tertiary/aromatic N) is 2. The summed E-state index contributed by atoms with van der Waals surface area (Å²) >= 11 is 0. The van der Waals surface area contributed by atoms with Gasteiger partial charge in [-0.05, 0) is 23.5 Å². The minimum Gasteiger partial charge on any atom is -0.370 e. The van der Waals surface area contributed by atoms with E-state index in [1.54, 1.807) is 0 Å². The molecule has 1 heterocycles. The van der Waals surface area contributed by atoms with E-state index in [2.05, 4.69) is 61.9 Å². The van der Waals surface area contributed by atoms with Gasteiger partial charge >= 0.3 is 0 Å². The third kappa shape index (κ3) is 1.98. The van der Waals surface area contributed by atoms with Crippen molar-refractivity contribution in [1.29, 1.82) is 0 Å². The molecule has 0 amide bonds. The molecule has 3 nitrogen and oxygen atoms in total. The number of nitrogens with two attached hydrogens (primary N) is 1. The molecule has 3 heteroatoms. The van der Waals surface area contributed by atoms with Crippen LogP contribution in [0, 0.1) is 0 Å². The van der Waals surface area contributed by atoms with Crippen LogP contribution in [-0.4, -0.2) is 24.5 Å². The number of benzene rings is 1. The van der Waals surface area contributed by atoms with Crippen molar-refractivity contribution in [3.05, 3.63) is 35.4 Å². The van der Waals surface area contributed by atoms with Crippen LogP contribution in [0.1, 0.15) is 38.8 Å². The number of hydrogen-bond donors (Lipinski definition) is 1. The first kappa shape index (κ1) is 12.9. The van der Waals surface area contributed by atoms with Crippen LogP contribution in [0.15, 0.2) is 29.3 Å². The summed E-state index contributed by atoms with van der Waals surface area (Å²) < 4.78 is 0. The number of likely N-dealkylation sites (N-methyl/N-ethyl adjacent to an activating group) is 1. The summed E-state index contributed by atoms with van der Waals surface area (Å²) in [6.45, 7) is 9.60. The van der Waals surface area contributed by atoms with Gasteiger partial charge in [-0.25, -0.2) is 0 Å². The largest absolute Gasteiger partial charge is 0.370 e. The van der Waals surface area contributed by atoms with Crippen LogP contribution in [-0.2, 0) is 11.0 Å². The van der Waals surface area contributed by atoms with E-state index in [1.807, 2.05) is 7.05 Å². The molecule has 0 radical (unpaired) electrons. The minimum atomic E-state index is -0.111. The molecule has 2 N–H and O–H groups in total. The Balaban J connectivity index is 2.31. The van der Waals surface area contributed by atoms with Gasteiger partial charge in [-0.3, -0.25) is 4.99 Å². The zero-order valence-corrected chi connectivity index (χ0v) is 12.0. The first-order valence-electron chi connectivity index (χ1n) is 6.40. The fraction of sp³-hybridized carbons (Fsp3) is 0.533. The SMILES string of the molecule is CN1C(N)=NCC1(C)c1ccc(C(C)(C)C)cc1. The van der Waals surface area contributed by atoms with E-state index in [4.69, 9.17) is 5.73 Å². The predicted octanol–water partition coefficient (Wildman–Crippen LogP) is 2.46. The fourth-order valence-corrected chi connectivity index (χ4v) is 2.31. The molecule has 1 atom stereocenters. The quantitative estimate of drug-likeness (QED) is 0.825. The Kier molecular flexibility index (Phi) is 2.88. The summed E-state index contributed by atoms with van der Waals surface area (Å²) in [6.07, 6.45) is 0. The van der Waals surface area contributed by atoms with Crippen LogP contribution in [0.4, 0.5) is 0 Å². The number of guanidine groups is 1. The van der Waals surface area contributed by atoms with E-state index >= 15 is 0 Å². The first-order valence-corrected chi connectivity index (χ1v) is 6.40. The number of hydrogen-bond acceptors (Lipinski definition) is 3. The van der Waals surface area contributed by atoms with E-state index in [-0.39, 0.29) is 11.0 Å². The maximum Gasteiger partial charge on any atom is 0.191 e. The van der Waals surface area contributed by atoms with Gasteiger partial charge in [0.15, 0.2) is 5.96 Å². The Morgan fingerprint density at radius 2 is 1.78 bits per heavy atom. The lowest BCUT2D eigenvalue weighted by Crippen LogP contribution is -2.44. The van der Waals surface area contributed by atoms with Crippen molar-refractivity contribution in [1.82, 2.24) is 4.90 Å². The summed E-state index contributed by atoms with van der Waals surface area (Å²) in [4.78, 5) is 6.39. The molecule has 18 heavy (non-hydrogen) atoms. The van der Waals surface area contributed by atoms with E-state index in [9.17, 15) is 0 Å². The molecular formula is C15H23N3. The van der Waals surface area contributed by atoms with Crippen molar-refractivity contribution in [3.8, 4) is 0 Å². The van der Waals surface area contributed by atoms with Crippen molar-refractivity contribution in [3.63, 3.8) is 0 Å². The van der Waals surface area contributed by atoms with Gasteiger partial charge < -0.3 is 10.6 Å². The number of rotatable bonds is 1. The summed E-state index contributed by atoms with van der Waals surface area (Å²) in [5, 5.41) is 0. The molecule has 0 spiro atoms. The molecule has 1 aromatic rings. The monoisotopic (exact) mass is 245 g/mol. The number of aliphatic imine (C=N–C) groups is 1. The molecule has 0 fully saturated rings. The molecule has 0 saturated carbocycles. The van der Waals surface area contributed by atoms with Gasteiger partial charge in [0.2, 0.25) is 0 Å². The lowest BCUT2D eigenvalue weighted by atomic mass is 9.84. The first-order chi connectivity index (χ1) is 8.25. The molecule has 1 unspecified atom stereocenters. The van der Waals surface area contributed by atoms with Crippen LogP contribution in [0.25, 0.3) is 0 Å². The predicted molar refractivity (Wildman–Crippen MR) is 76.7 cm³/mol. The smallest absolute Gasteiger partial charge is 0.191 e. The molecule has 0 aromatic heterocycles. The molecule has 1 aliphatic heterocycles. The Bertz CT molecular complexity index is 468. The van der Waals surface area contributed by atoms with Crippen LogP contribution in [0.3, 0.4) is 0 Å². The molecule has 0 aliphatic carbocycles. The Morgan fingerprint density at radius 3 is 2.17 bits per heavy atom. The maximum atomic E-state index is 5.87. The lowest BCUT2D eigenvalue weighted by molar-refractivity contribution is 0.267. The second kappa shape index (κ2) is 4.01. The Hall–Kier alpha value is -1.51. The Morgan fingerprint density at radius 1 is 1.22 bits per heavy atom. The zero-order chi connectivity index (χ0) is 13.6. The second-order valence-corrected chi connectivity index (χ2v) is 6.33. The fourth-order valence-electron chi connectivity index (χ4n) is 2.31. The van der Waals surface area contributed by atoms with Crippen molar-refractivity contribution >= 4 is 5.96 Å². The summed E-state index contributed by atoms with van der Waals surface area (Å²) in [7, 11) is 2.00. The molecule has 1 aromatic carbocycles. The van der Waals surface area contributed by atoms with E-state index in [1.165, 1.54) is 11.1 Å². The van der Waals surface area contributed by atoms with Crippen molar-refractivity contribution in [2.45, 2.75) is 38.6 Å². The van der Waals surface area contributed by atoms with Gasteiger partial charge in [-0.1, -0.05) is 45.0 Å². The Labute approximate surface area is 110 Å².